The van der Waals surface area contributed by atoms with Crippen LogP contribution in [0.15, 0.2) is 12.1 Å². The molecule has 1 aromatic carbocycles. The molecular weight excluding hydrogens is 239 g/mol. The Morgan fingerprint density at radius 3 is 2.16 bits per heavy atom. The van der Waals surface area contributed by atoms with Gasteiger partial charge in [0.05, 0.1) is 0 Å². The van der Waals surface area contributed by atoms with Crippen molar-refractivity contribution in [1.82, 2.24) is 0 Å². The molecule has 0 amide bonds. The summed E-state index contributed by atoms with van der Waals surface area (Å²) in [5, 5.41) is 0. The summed E-state index contributed by atoms with van der Waals surface area (Å²) < 4.78 is 13.8. The third-order valence-electron chi connectivity index (χ3n) is 3.29. The average molecular weight is 266 g/mol. The fourth-order valence-electron chi connectivity index (χ4n) is 2.28. The lowest BCUT2D eigenvalue weighted by atomic mass is 10.0. The van der Waals surface area contributed by atoms with Gasteiger partial charge in [0, 0.05) is 24.3 Å². The molecule has 1 aromatic rings. The molecule has 1 atom stereocenters. The smallest absolute Gasteiger partial charge is 0.126 e. The molecule has 0 bridgehead atoms. The molecule has 1 unspecified atom stereocenters. The lowest BCUT2D eigenvalue weighted by Gasteiger charge is -2.33. The van der Waals surface area contributed by atoms with Crippen molar-refractivity contribution in [3.8, 4) is 0 Å². The minimum absolute atomic E-state index is 0.168. The predicted molar refractivity (Wildman–Crippen MR) is 81.1 cm³/mol. The van der Waals surface area contributed by atoms with Gasteiger partial charge in [-0.3, -0.25) is 0 Å². The van der Waals surface area contributed by atoms with Crippen molar-refractivity contribution in [3.05, 3.63) is 29.1 Å². The van der Waals surface area contributed by atoms with Gasteiger partial charge in [-0.15, -0.1) is 0 Å². The Hall–Kier alpha value is -1.09. The van der Waals surface area contributed by atoms with Crippen LogP contribution in [0.3, 0.4) is 0 Å². The molecule has 19 heavy (non-hydrogen) atoms. The zero-order valence-corrected chi connectivity index (χ0v) is 13.0. The number of benzene rings is 1. The summed E-state index contributed by atoms with van der Waals surface area (Å²) in [7, 11) is 0. The Morgan fingerprint density at radius 1 is 1.16 bits per heavy atom. The second-order valence-corrected chi connectivity index (χ2v) is 6.09. The molecule has 2 N–H and O–H groups in total. The van der Waals surface area contributed by atoms with Gasteiger partial charge in [-0.05, 0) is 56.9 Å². The van der Waals surface area contributed by atoms with Gasteiger partial charge in [-0.2, -0.15) is 0 Å². The number of halogens is 1. The number of rotatable bonds is 5. The zero-order valence-electron chi connectivity index (χ0n) is 13.0. The summed E-state index contributed by atoms with van der Waals surface area (Å²) in [4.78, 5) is 2.32. The molecule has 0 radical (unpaired) electrons. The molecule has 0 aromatic heterocycles. The monoisotopic (exact) mass is 266 g/mol. The first-order valence-electron chi connectivity index (χ1n) is 7.06. The second-order valence-electron chi connectivity index (χ2n) is 6.09. The number of hydrogen-bond donors (Lipinski definition) is 1. The van der Waals surface area contributed by atoms with Crippen LogP contribution in [0, 0.1) is 18.7 Å². The van der Waals surface area contributed by atoms with E-state index in [0.29, 0.717) is 17.5 Å². The van der Waals surface area contributed by atoms with E-state index in [4.69, 9.17) is 5.73 Å². The number of anilines is 1. The summed E-state index contributed by atoms with van der Waals surface area (Å²) in [6.07, 6.45) is 0. The van der Waals surface area contributed by atoms with E-state index >= 15 is 0 Å². The van der Waals surface area contributed by atoms with E-state index in [2.05, 4.69) is 32.6 Å². The molecule has 0 aliphatic carbocycles. The van der Waals surface area contributed by atoms with Crippen LogP contribution in [0.2, 0.25) is 0 Å². The molecule has 2 nitrogen and oxygen atoms in total. The molecule has 3 heteroatoms. The topological polar surface area (TPSA) is 29.3 Å². The van der Waals surface area contributed by atoms with Gasteiger partial charge in [0.2, 0.25) is 0 Å². The van der Waals surface area contributed by atoms with E-state index in [-0.39, 0.29) is 11.9 Å². The lowest BCUT2D eigenvalue weighted by molar-refractivity contribution is 0.564. The van der Waals surface area contributed by atoms with Gasteiger partial charge < -0.3 is 10.6 Å². The lowest BCUT2D eigenvalue weighted by Crippen LogP contribution is -2.35. The summed E-state index contributed by atoms with van der Waals surface area (Å²) in [5.41, 5.74) is 8.64. The van der Waals surface area contributed by atoms with Crippen molar-refractivity contribution < 1.29 is 4.39 Å². The fourth-order valence-corrected chi connectivity index (χ4v) is 2.28. The fraction of sp³-hybridized carbons (Fsp3) is 0.625. The van der Waals surface area contributed by atoms with E-state index in [9.17, 15) is 4.39 Å². The van der Waals surface area contributed by atoms with Crippen LogP contribution in [-0.2, 0) is 0 Å². The molecule has 1 rings (SSSR count). The Morgan fingerprint density at radius 2 is 1.74 bits per heavy atom. The highest BCUT2D eigenvalue weighted by Crippen LogP contribution is 2.30. The highest BCUT2D eigenvalue weighted by molar-refractivity contribution is 5.57. The minimum Gasteiger partial charge on any atom is -0.369 e. The normalized spacial score (nSPS) is 13.2. The van der Waals surface area contributed by atoms with Crippen LogP contribution in [0.1, 0.15) is 51.8 Å². The first-order valence-corrected chi connectivity index (χ1v) is 7.06. The van der Waals surface area contributed by atoms with Crippen LogP contribution >= 0.6 is 0 Å². The summed E-state index contributed by atoms with van der Waals surface area (Å²) >= 11 is 0. The molecule has 0 aliphatic heterocycles. The Bertz CT molecular complexity index is 425. The quantitative estimate of drug-likeness (QED) is 0.872. The number of hydrogen-bond acceptors (Lipinski definition) is 2. The van der Waals surface area contributed by atoms with Crippen molar-refractivity contribution in [3.63, 3.8) is 0 Å². The summed E-state index contributed by atoms with van der Waals surface area (Å²) in [6.45, 7) is 13.4. The molecule has 0 aliphatic rings. The zero-order chi connectivity index (χ0) is 14.7. The van der Waals surface area contributed by atoms with E-state index in [1.807, 2.05) is 13.0 Å². The molecule has 0 saturated heterocycles. The van der Waals surface area contributed by atoms with Crippen molar-refractivity contribution in [1.29, 1.82) is 0 Å². The highest BCUT2D eigenvalue weighted by atomic mass is 19.1. The summed E-state index contributed by atoms with van der Waals surface area (Å²) in [5.74, 6) is 0.373. The number of nitrogens with zero attached hydrogens (tertiary/aromatic N) is 1. The Labute approximate surface area is 116 Å². The maximum absolute atomic E-state index is 13.8. The van der Waals surface area contributed by atoms with E-state index < -0.39 is 0 Å². The van der Waals surface area contributed by atoms with Crippen molar-refractivity contribution >= 4 is 5.69 Å². The van der Waals surface area contributed by atoms with Crippen molar-refractivity contribution in [2.24, 2.45) is 11.7 Å². The first-order chi connectivity index (χ1) is 8.73. The van der Waals surface area contributed by atoms with Gasteiger partial charge in [0.15, 0.2) is 0 Å². The van der Waals surface area contributed by atoms with Crippen LogP contribution in [0.5, 0.6) is 0 Å². The molecular formula is C16H27FN2. The van der Waals surface area contributed by atoms with E-state index in [0.717, 1.165) is 17.8 Å². The highest BCUT2D eigenvalue weighted by Gasteiger charge is 2.19. The Kier molecular flexibility index (Phi) is 5.36. The number of nitrogens with two attached hydrogens (primary N) is 1. The maximum Gasteiger partial charge on any atom is 0.126 e. The van der Waals surface area contributed by atoms with Gasteiger partial charge >= 0.3 is 0 Å². The van der Waals surface area contributed by atoms with Crippen LogP contribution < -0.4 is 10.6 Å². The van der Waals surface area contributed by atoms with Crippen LogP contribution in [-0.4, -0.2) is 12.6 Å². The largest absolute Gasteiger partial charge is 0.369 e. The van der Waals surface area contributed by atoms with Gasteiger partial charge in [-0.25, -0.2) is 4.39 Å². The van der Waals surface area contributed by atoms with E-state index in [1.54, 1.807) is 13.0 Å². The van der Waals surface area contributed by atoms with E-state index in [1.165, 1.54) is 0 Å². The molecule has 108 valence electrons. The number of aryl methyl sites for hydroxylation is 1. The minimum atomic E-state index is -0.177. The van der Waals surface area contributed by atoms with Gasteiger partial charge in [0.25, 0.3) is 0 Å². The SMILES string of the molecule is Cc1cc(N(CC(C)C)C(C)C)c(C(C)N)cc1F. The molecule has 0 spiro atoms. The summed E-state index contributed by atoms with van der Waals surface area (Å²) in [6, 6.07) is 3.71. The van der Waals surface area contributed by atoms with Crippen molar-refractivity contribution in [2.75, 3.05) is 11.4 Å². The average Bonchev–Trinajstić information content (AvgIpc) is 2.28. The maximum atomic E-state index is 13.8. The predicted octanol–water partition coefficient (Wildman–Crippen LogP) is 4.02. The Balaban J connectivity index is 3.31. The second kappa shape index (κ2) is 6.38. The molecule has 0 fully saturated rings. The van der Waals surface area contributed by atoms with Crippen LogP contribution in [0.25, 0.3) is 0 Å². The molecule has 0 heterocycles. The molecule has 0 saturated carbocycles. The standard InChI is InChI=1S/C16H27FN2/c1-10(2)9-19(11(3)4)16-7-12(5)15(17)8-14(16)13(6)18/h7-8,10-11,13H,9,18H2,1-6H3. The third-order valence-corrected chi connectivity index (χ3v) is 3.29. The van der Waals surface area contributed by atoms with Crippen LogP contribution in [0.4, 0.5) is 10.1 Å². The van der Waals surface area contributed by atoms with Crippen molar-refractivity contribution in [2.45, 2.75) is 53.6 Å². The van der Waals surface area contributed by atoms with Gasteiger partial charge in [-0.1, -0.05) is 13.8 Å². The first kappa shape index (κ1) is 16.0. The third kappa shape index (κ3) is 3.93. The van der Waals surface area contributed by atoms with Gasteiger partial charge in [0.1, 0.15) is 5.82 Å².